The molecule has 2 aromatic heterocycles. The standard InChI is InChI=1S/C21H18ClN3O3S2/c1-27-16-7-5-14(22)19-18(16)24-21(30-19)25(10-13-3-2-8-28-13)20(26)12-4-6-15-17(9-12)29-11-23-15/h4-7,9,11,13H,2-3,8,10H2,1H3. The molecule has 1 unspecified atom stereocenters. The SMILES string of the molecule is COc1ccc(Cl)c2sc(N(CC3CCCO3)C(=O)c3ccc4ncsc4c3)nc12. The van der Waals surface area contributed by atoms with Gasteiger partial charge in [-0.2, -0.15) is 0 Å². The highest BCUT2D eigenvalue weighted by Gasteiger charge is 2.28. The number of carbonyl (C=O) groups excluding carboxylic acids is 1. The van der Waals surface area contributed by atoms with Crippen LogP contribution >= 0.6 is 34.3 Å². The van der Waals surface area contributed by atoms with Crippen molar-refractivity contribution in [3.05, 3.63) is 46.4 Å². The van der Waals surface area contributed by atoms with Crippen molar-refractivity contribution in [3.8, 4) is 5.75 Å². The lowest BCUT2D eigenvalue weighted by Gasteiger charge is -2.23. The molecule has 0 bridgehead atoms. The Kier molecular flexibility index (Phi) is 5.32. The van der Waals surface area contributed by atoms with Gasteiger partial charge < -0.3 is 9.47 Å². The minimum Gasteiger partial charge on any atom is -0.494 e. The number of hydrogen-bond donors (Lipinski definition) is 0. The highest BCUT2D eigenvalue weighted by atomic mass is 35.5. The molecule has 3 heterocycles. The van der Waals surface area contributed by atoms with Gasteiger partial charge in [-0.3, -0.25) is 9.69 Å². The van der Waals surface area contributed by atoms with Crippen LogP contribution < -0.4 is 9.64 Å². The van der Waals surface area contributed by atoms with E-state index in [1.807, 2.05) is 18.2 Å². The van der Waals surface area contributed by atoms with Crippen LogP contribution in [-0.4, -0.2) is 42.2 Å². The molecule has 0 spiro atoms. The molecule has 6 nitrogen and oxygen atoms in total. The Bertz CT molecular complexity index is 1230. The molecular formula is C21H18ClN3O3S2. The van der Waals surface area contributed by atoms with E-state index < -0.39 is 0 Å². The molecule has 0 N–H and O–H groups in total. The van der Waals surface area contributed by atoms with E-state index in [4.69, 9.17) is 26.1 Å². The van der Waals surface area contributed by atoms with Crippen LogP contribution in [0.1, 0.15) is 23.2 Å². The third kappa shape index (κ3) is 3.54. The lowest BCUT2D eigenvalue weighted by atomic mass is 10.1. The number of carbonyl (C=O) groups is 1. The molecule has 1 amide bonds. The van der Waals surface area contributed by atoms with Crippen molar-refractivity contribution in [2.24, 2.45) is 0 Å². The first kappa shape index (κ1) is 19.7. The van der Waals surface area contributed by atoms with E-state index in [1.165, 1.54) is 22.7 Å². The summed E-state index contributed by atoms with van der Waals surface area (Å²) >= 11 is 9.31. The minimum absolute atomic E-state index is 0.00883. The maximum atomic E-state index is 13.6. The highest BCUT2D eigenvalue weighted by Crippen LogP contribution is 2.39. The third-order valence-electron chi connectivity index (χ3n) is 5.13. The van der Waals surface area contributed by atoms with Crippen LogP contribution in [0.2, 0.25) is 5.02 Å². The van der Waals surface area contributed by atoms with Crippen molar-refractivity contribution in [1.82, 2.24) is 9.97 Å². The van der Waals surface area contributed by atoms with Gasteiger partial charge in [-0.25, -0.2) is 9.97 Å². The lowest BCUT2D eigenvalue weighted by molar-refractivity contribution is 0.0917. The van der Waals surface area contributed by atoms with E-state index in [2.05, 4.69) is 4.98 Å². The molecule has 154 valence electrons. The number of nitrogens with zero attached hydrogens (tertiary/aromatic N) is 3. The van der Waals surface area contributed by atoms with Gasteiger partial charge in [0.15, 0.2) is 5.13 Å². The number of hydrogen-bond acceptors (Lipinski definition) is 7. The number of ether oxygens (including phenoxy) is 2. The second kappa shape index (κ2) is 8.11. The van der Waals surface area contributed by atoms with E-state index in [0.29, 0.717) is 33.5 Å². The molecule has 30 heavy (non-hydrogen) atoms. The largest absolute Gasteiger partial charge is 0.494 e. The number of benzene rings is 2. The summed E-state index contributed by atoms with van der Waals surface area (Å²) in [6.45, 7) is 1.17. The molecule has 0 aliphatic carbocycles. The smallest absolute Gasteiger partial charge is 0.260 e. The van der Waals surface area contributed by atoms with E-state index in [-0.39, 0.29) is 12.0 Å². The fourth-order valence-corrected chi connectivity index (χ4v) is 5.59. The normalized spacial score (nSPS) is 16.4. The first-order valence-corrected chi connectivity index (χ1v) is 11.6. The van der Waals surface area contributed by atoms with Crippen molar-refractivity contribution >= 4 is 65.7 Å². The molecule has 2 aromatic carbocycles. The van der Waals surface area contributed by atoms with Crippen molar-refractivity contribution in [1.29, 1.82) is 0 Å². The molecule has 1 fully saturated rings. The summed E-state index contributed by atoms with van der Waals surface area (Å²) < 4.78 is 13.0. The number of thiazole rings is 2. The highest BCUT2D eigenvalue weighted by molar-refractivity contribution is 7.23. The van der Waals surface area contributed by atoms with Gasteiger partial charge in [0.05, 0.1) is 45.2 Å². The monoisotopic (exact) mass is 459 g/mol. The number of amides is 1. The zero-order chi connectivity index (χ0) is 20.7. The predicted molar refractivity (Wildman–Crippen MR) is 121 cm³/mol. The Balaban J connectivity index is 1.58. The van der Waals surface area contributed by atoms with Crippen LogP contribution in [0.4, 0.5) is 5.13 Å². The minimum atomic E-state index is -0.116. The summed E-state index contributed by atoms with van der Waals surface area (Å²) in [7, 11) is 1.60. The van der Waals surface area contributed by atoms with Gasteiger partial charge >= 0.3 is 0 Å². The van der Waals surface area contributed by atoms with Crippen LogP contribution in [0.3, 0.4) is 0 Å². The molecule has 9 heteroatoms. The maximum absolute atomic E-state index is 13.6. The second-order valence-corrected chi connectivity index (χ2v) is 9.28. The number of methoxy groups -OCH3 is 1. The number of aromatic nitrogens is 2. The summed E-state index contributed by atoms with van der Waals surface area (Å²) in [4.78, 5) is 24.3. The van der Waals surface area contributed by atoms with Crippen molar-refractivity contribution < 1.29 is 14.3 Å². The second-order valence-electron chi connectivity index (χ2n) is 7.01. The fourth-order valence-electron chi connectivity index (χ4n) is 3.61. The molecule has 1 aliphatic rings. The molecule has 1 aliphatic heterocycles. The number of fused-ring (bicyclic) bond motifs is 2. The first-order valence-electron chi connectivity index (χ1n) is 9.54. The quantitative estimate of drug-likeness (QED) is 0.400. The van der Waals surface area contributed by atoms with Crippen molar-refractivity contribution in [2.45, 2.75) is 18.9 Å². The fraction of sp³-hybridized carbons (Fsp3) is 0.286. The van der Waals surface area contributed by atoms with E-state index >= 15 is 0 Å². The number of halogens is 1. The molecule has 1 saturated heterocycles. The number of anilines is 1. The summed E-state index contributed by atoms with van der Waals surface area (Å²) in [5.41, 5.74) is 3.93. The molecule has 4 aromatic rings. The van der Waals surface area contributed by atoms with Gasteiger partial charge in [0.25, 0.3) is 5.91 Å². The van der Waals surface area contributed by atoms with Gasteiger partial charge in [-0.1, -0.05) is 22.9 Å². The van der Waals surface area contributed by atoms with Gasteiger partial charge in [0.2, 0.25) is 0 Å². The van der Waals surface area contributed by atoms with Gasteiger partial charge in [-0.15, -0.1) is 11.3 Å². The average Bonchev–Trinajstić information content (AvgIpc) is 3.51. The summed E-state index contributed by atoms with van der Waals surface area (Å²) in [5.74, 6) is 0.516. The number of rotatable bonds is 5. The van der Waals surface area contributed by atoms with E-state index in [9.17, 15) is 4.79 Å². The Labute approximate surface area is 186 Å². The Morgan fingerprint density at radius 1 is 1.37 bits per heavy atom. The third-order valence-corrected chi connectivity index (χ3v) is 7.46. The van der Waals surface area contributed by atoms with Gasteiger partial charge in [0, 0.05) is 12.2 Å². The zero-order valence-corrected chi connectivity index (χ0v) is 18.5. The van der Waals surface area contributed by atoms with E-state index in [0.717, 1.165) is 34.4 Å². The predicted octanol–water partition coefficient (Wildman–Crippen LogP) is 5.39. The lowest BCUT2D eigenvalue weighted by Crippen LogP contribution is -2.37. The van der Waals surface area contributed by atoms with E-state index in [1.54, 1.807) is 29.7 Å². The van der Waals surface area contributed by atoms with Crippen molar-refractivity contribution in [2.75, 3.05) is 25.2 Å². The van der Waals surface area contributed by atoms with Gasteiger partial charge in [0.1, 0.15) is 11.3 Å². The Morgan fingerprint density at radius 2 is 2.27 bits per heavy atom. The zero-order valence-electron chi connectivity index (χ0n) is 16.1. The molecule has 1 atom stereocenters. The summed E-state index contributed by atoms with van der Waals surface area (Å²) in [5, 5.41) is 1.17. The van der Waals surface area contributed by atoms with Gasteiger partial charge in [-0.05, 0) is 43.2 Å². The molecular weight excluding hydrogens is 442 g/mol. The first-order chi connectivity index (χ1) is 14.6. The van der Waals surface area contributed by atoms with Crippen LogP contribution in [0.5, 0.6) is 5.75 Å². The Hall–Kier alpha value is -2.26. The molecule has 5 rings (SSSR count). The topological polar surface area (TPSA) is 64.6 Å². The molecule has 0 saturated carbocycles. The molecule has 0 radical (unpaired) electrons. The van der Waals surface area contributed by atoms with Crippen LogP contribution in [-0.2, 0) is 4.74 Å². The summed E-state index contributed by atoms with van der Waals surface area (Å²) in [6.07, 6.45) is 1.91. The van der Waals surface area contributed by atoms with Crippen LogP contribution in [0.25, 0.3) is 20.4 Å². The maximum Gasteiger partial charge on any atom is 0.260 e. The average molecular weight is 460 g/mol. The van der Waals surface area contributed by atoms with Crippen molar-refractivity contribution in [3.63, 3.8) is 0 Å². The Morgan fingerprint density at radius 3 is 3.07 bits per heavy atom. The van der Waals surface area contributed by atoms with Crippen LogP contribution in [0, 0.1) is 0 Å². The van der Waals surface area contributed by atoms with Crippen LogP contribution in [0.15, 0.2) is 35.8 Å². The summed E-state index contributed by atoms with van der Waals surface area (Å²) in [6, 6.07) is 9.15.